The average Bonchev–Trinajstić information content (AvgIpc) is 2.72. The monoisotopic (exact) mass is 186 g/mol. The number of aromatic nitrogens is 2. The normalized spacial score (nSPS) is 11.3. The first-order valence-electron chi connectivity index (χ1n) is 4.68. The largest absolute Gasteiger partial charge is 0.351 e. The maximum absolute atomic E-state index is 2.12. The van der Waals surface area contributed by atoms with E-state index in [0.717, 1.165) is 0 Å². The van der Waals surface area contributed by atoms with Crippen LogP contribution in [0.1, 0.15) is 11.4 Å². The molecule has 0 aliphatic carbocycles. The molecule has 0 aliphatic heterocycles. The van der Waals surface area contributed by atoms with Crippen LogP contribution in [0.25, 0.3) is 12.2 Å². The summed E-state index contributed by atoms with van der Waals surface area (Å²) in [4.78, 5) is 0. The lowest BCUT2D eigenvalue weighted by Gasteiger charge is -1.97. The molecular weight excluding hydrogens is 172 g/mol. The first-order valence-corrected chi connectivity index (χ1v) is 4.68. The molecule has 2 aromatic heterocycles. The Bertz CT molecular complexity index is 404. The van der Waals surface area contributed by atoms with Gasteiger partial charge in [0.05, 0.1) is 0 Å². The van der Waals surface area contributed by atoms with E-state index in [1.54, 1.807) is 0 Å². The van der Waals surface area contributed by atoms with Crippen molar-refractivity contribution in [2.75, 3.05) is 0 Å². The predicted octanol–water partition coefficient (Wildman–Crippen LogP) is 2.53. The molecule has 2 heteroatoms. The zero-order valence-corrected chi connectivity index (χ0v) is 8.51. The molecule has 14 heavy (non-hydrogen) atoms. The van der Waals surface area contributed by atoms with Gasteiger partial charge in [-0.2, -0.15) is 0 Å². The van der Waals surface area contributed by atoms with Crippen molar-refractivity contribution >= 4 is 12.2 Å². The highest BCUT2D eigenvalue weighted by atomic mass is 14.9. The zero-order chi connectivity index (χ0) is 9.97. The van der Waals surface area contributed by atoms with Crippen molar-refractivity contribution in [3.63, 3.8) is 0 Å². The van der Waals surface area contributed by atoms with Crippen LogP contribution in [0.3, 0.4) is 0 Å². The molecule has 0 saturated heterocycles. The lowest BCUT2D eigenvalue weighted by molar-refractivity contribution is 0.910. The molecule has 0 unspecified atom stereocenters. The molecule has 2 nitrogen and oxygen atoms in total. The highest BCUT2D eigenvalue weighted by molar-refractivity contribution is 5.66. The molecule has 0 radical (unpaired) electrons. The van der Waals surface area contributed by atoms with Gasteiger partial charge in [0.2, 0.25) is 0 Å². The third kappa shape index (κ3) is 1.64. The number of nitrogens with zero attached hydrogens (tertiary/aromatic N) is 2. The average molecular weight is 186 g/mol. The van der Waals surface area contributed by atoms with Crippen LogP contribution in [-0.4, -0.2) is 9.13 Å². The fraction of sp³-hybridized carbons (Fsp3) is 0.167. The third-order valence-corrected chi connectivity index (χ3v) is 2.39. The Hall–Kier alpha value is -1.70. The molecule has 0 aromatic carbocycles. The van der Waals surface area contributed by atoms with Gasteiger partial charge in [0, 0.05) is 37.9 Å². The first kappa shape index (κ1) is 8.88. The minimum absolute atomic E-state index is 1.21. The van der Waals surface area contributed by atoms with Gasteiger partial charge in [-0.3, -0.25) is 0 Å². The van der Waals surface area contributed by atoms with Crippen molar-refractivity contribution in [3.8, 4) is 0 Å². The van der Waals surface area contributed by atoms with Crippen molar-refractivity contribution in [3.05, 3.63) is 48.0 Å². The van der Waals surface area contributed by atoms with Gasteiger partial charge in [-0.05, 0) is 36.4 Å². The van der Waals surface area contributed by atoms with E-state index in [1.165, 1.54) is 11.4 Å². The lowest BCUT2D eigenvalue weighted by atomic mass is 10.3. The quantitative estimate of drug-likeness (QED) is 0.682. The van der Waals surface area contributed by atoms with Crippen molar-refractivity contribution in [1.29, 1.82) is 0 Å². The second-order valence-electron chi connectivity index (χ2n) is 3.42. The highest BCUT2D eigenvalue weighted by Gasteiger charge is 1.93. The molecule has 2 heterocycles. The van der Waals surface area contributed by atoms with E-state index in [4.69, 9.17) is 0 Å². The maximum Gasteiger partial charge on any atom is 0.0404 e. The Balaban J connectivity index is 2.23. The van der Waals surface area contributed by atoms with Crippen LogP contribution >= 0.6 is 0 Å². The summed E-state index contributed by atoms with van der Waals surface area (Å²) in [6.45, 7) is 0. The predicted molar refractivity (Wildman–Crippen MR) is 59.8 cm³/mol. The van der Waals surface area contributed by atoms with Crippen LogP contribution in [0.5, 0.6) is 0 Å². The van der Waals surface area contributed by atoms with Crippen LogP contribution in [0.2, 0.25) is 0 Å². The van der Waals surface area contributed by atoms with E-state index in [1.807, 2.05) is 38.6 Å². The van der Waals surface area contributed by atoms with Crippen LogP contribution in [0.4, 0.5) is 0 Å². The Morgan fingerprint density at radius 2 is 1.29 bits per heavy atom. The topological polar surface area (TPSA) is 9.86 Å². The Labute approximate surface area is 84.1 Å². The molecular formula is C12H14N2. The van der Waals surface area contributed by atoms with E-state index >= 15 is 0 Å². The Morgan fingerprint density at radius 3 is 1.57 bits per heavy atom. The zero-order valence-electron chi connectivity index (χ0n) is 8.51. The van der Waals surface area contributed by atoms with E-state index in [0.29, 0.717) is 0 Å². The van der Waals surface area contributed by atoms with E-state index in [9.17, 15) is 0 Å². The SMILES string of the molecule is Cn1cccc1/C=C/c1cccn1C. The molecule has 72 valence electrons. The second kappa shape index (κ2) is 3.58. The van der Waals surface area contributed by atoms with Crippen molar-refractivity contribution < 1.29 is 0 Å². The van der Waals surface area contributed by atoms with Crippen LogP contribution in [0, 0.1) is 0 Å². The molecule has 0 aliphatic rings. The molecule has 0 fully saturated rings. The summed E-state index contributed by atoms with van der Waals surface area (Å²) in [7, 11) is 4.09. The van der Waals surface area contributed by atoms with Gasteiger partial charge >= 0.3 is 0 Å². The summed E-state index contributed by atoms with van der Waals surface area (Å²) in [5.74, 6) is 0. The molecule has 0 atom stereocenters. The van der Waals surface area contributed by atoms with Crippen LogP contribution in [0.15, 0.2) is 36.7 Å². The molecule has 2 rings (SSSR count). The summed E-state index contributed by atoms with van der Waals surface area (Å²) < 4.78 is 4.19. The number of rotatable bonds is 2. The number of aryl methyl sites for hydroxylation is 2. The van der Waals surface area contributed by atoms with E-state index in [-0.39, 0.29) is 0 Å². The summed E-state index contributed by atoms with van der Waals surface area (Å²) in [5, 5.41) is 0. The highest BCUT2D eigenvalue weighted by Crippen LogP contribution is 2.07. The van der Waals surface area contributed by atoms with E-state index in [2.05, 4.69) is 33.4 Å². The van der Waals surface area contributed by atoms with Crippen molar-refractivity contribution in [2.45, 2.75) is 0 Å². The molecule has 0 amide bonds. The van der Waals surface area contributed by atoms with Crippen LogP contribution < -0.4 is 0 Å². The standard InChI is InChI=1S/C12H14N2/c1-13-9-3-5-11(13)7-8-12-6-4-10-14(12)2/h3-10H,1-2H3/b8-7+. The van der Waals surface area contributed by atoms with Gasteiger partial charge < -0.3 is 9.13 Å². The van der Waals surface area contributed by atoms with E-state index < -0.39 is 0 Å². The van der Waals surface area contributed by atoms with Gasteiger partial charge in [0.1, 0.15) is 0 Å². The third-order valence-electron chi connectivity index (χ3n) is 2.39. The fourth-order valence-electron chi connectivity index (χ4n) is 1.47. The van der Waals surface area contributed by atoms with Crippen molar-refractivity contribution in [1.82, 2.24) is 9.13 Å². The van der Waals surface area contributed by atoms with Crippen LogP contribution in [-0.2, 0) is 14.1 Å². The van der Waals surface area contributed by atoms with Gasteiger partial charge in [-0.1, -0.05) is 0 Å². The number of hydrogen-bond donors (Lipinski definition) is 0. The molecule has 0 bridgehead atoms. The molecule has 0 spiro atoms. The maximum atomic E-state index is 2.12. The second-order valence-corrected chi connectivity index (χ2v) is 3.42. The van der Waals surface area contributed by atoms with Gasteiger partial charge in [0.25, 0.3) is 0 Å². The molecule has 0 saturated carbocycles. The minimum Gasteiger partial charge on any atom is -0.351 e. The smallest absolute Gasteiger partial charge is 0.0404 e. The minimum atomic E-state index is 1.21. The Morgan fingerprint density at radius 1 is 0.857 bits per heavy atom. The molecule has 0 N–H and O–H groups in total. The summed E-state index contributed by atoms with van der Waals surface area (Å²) in [6, 6.07) is 8.29. The lowest BCUT2D eigenvalue weighted by Crippen LogP contribution is -1.89. The summed E-state index contributed by atoms with van der Waals surface area (Å²) in [6.07, 6.45) is 8.33. The first-order chi connectivity index (χ1) is 6.77. The summed E-state index contributed by atoms with van der Waals surface area (Å²) >= 11 is 0. The van der Waals surface area contributed by atoms with Gasteiger partial charge in [-0.15, -0.1) is 0 Å². The summed E-state index contributed by atoms with van der Waals surface area (Å²) in [5.41, 5.74) is 2.43. The Kier molecular flexibility index (Phi) is 2.27. The van der Waals surface area contributed by atoms with Gasteiger partial charge in [-0.25, -0.2) is 0 Å². The molecule has 2 aromatic rings. The number of hydrogen-bond acceptors (Lipinski definition) is 0. The van der Waals surface area contributed by atoms with Crippen molar-refractivity contribution in [2.24, 2.45) is 14.1 Å². The fourth-order valence-corrected chi connectivity index (χ4v) is 1.47. The van der Waals surface area contributed by atoms with Gasteiger partial charge in [0.15, 0.2) is 0 Å².